The summed E-state index contributed by atoms with van der Waals surface area (Å²) in [7, 11) is 0. The molecule has 0 radical (unpaired) electrons. The molecule has 1 amide bonds. The molecule has 0 aliphatic rings. The van der Waals surface area contributed by atoms with Crippen LogP contribution in [0.2, 0.25) is 0 Å². The van der Waals surface area contributed by atoms with Crippen molar-refractivity contribution in [2.24, 2.45) is 0 Å². The first-order chi connectivity index (χ1) is 15.4. The van der Waals surface area contributed by atoms with Gasteiger partial charge in [-0.25, -0.2) is 4.98 Å². The Morgan fingerprint density at radius 2 is 1.94 bits per heavy atom. The topological polar surface area (TPSA) is 71.0 Å². The molecule has 2 aromatic carbocycles. The SMILES string of the molecule is CC(=O)N(c1ccc(C)c(C)c1)c1nc(CSc2nnc(Nc3cccc(C)c3)s2)cs1. The molecule has 4 rings (SSSR count). The highest BCUT2D eigenvalue weighted by molar-refractivity contribution is 8.00. The van der Waals surface area contributed by atoms with Crippen molar-refractivity contribution in [2.45, 2.75) is 37.8 Å². The third kappa shape index (κ3) is 5.35. The lowest BCUT2D eigenvalue weighted by Crippen LogP contribution is -2.22. The first-order valence-corrected chi connectivity index (χ1v) is 12.7. The smallest absolute Gasteiger partial charge is 0.230 e. The second kappa shape index (κ2) is 9.81. The van der Waals surface area contributed by atoms with Crippen LogP contribution in [0.4, 0.5) is 21.6 Å². The summed E-state index contributed by atoms with van der Waals surface area (Å²) in [6, 6.07) is 14.2. The Hall–Kier alpha value is -2.75. The van der Waals surface area contributed by atoms with Gasteiger partial charge in [-0.2, -0.15) is 0 Å². The Kier molecular flexibility index (Phi) is 6.88. The Bertz CT molecular complexity index is 1250. The van der Waals surface area contributed by atoms with Crippen LogP contribution in [0.1, 0.15) is 29.3 Å². The molecule has 0 spiro atoms. The van der Waals surface area contributed by atoms with E-state index >= 15 is 0 Å². The second-order valence-corrected chi connectivity index (χ2v) is 10.4. The fourth-order valence-corrected chi connectivity index (χ4v) is 5.71. The molecule has 0 atom stereocenters. The Labute approximate surface area is 199 Å². The molecule has 6 nitrogen and oxygen atoms in total. The van der Waals surface area contributed by atoms with Gasteiger partial charge in [0.2, 0.25) is 11.0 Å². The maximum atomic E-state index is 12.4. The van der Waals surface area contributed by atoms with E-state index in [0.717, 1.165) is 32.1 Å². The Balaban J connectivity index is 1.42. The number of rotatable bonds is 7. The second-order valence-electron chi connectivity index (χ2n) is 7.40. The van der Waals surface area contributed by atoms with Crippen molar-refractivity contribution in [2.75, 3.05) is 10.2 Å². The average molecular weight is 482 g/mol. The summed E-state index contributed by atoms with van der Waals surface area (Å²) in [5, 5.41) is 15.2. The van der Waals surface area contributed by atoms with Crippen molar-refractivity contribution in [3.8, 4) is 0 Å². The van der Waals surface area contributed by atoms with Gasteiger partial charge in [-0.15, -0.1) is 21.5 Å². The molecule has 9 heteroatoms. The quantitative estimate of drug-likeness (QED) is 0.298. The van der Waals surface area contributed by atoms with Crippen LogP contribution in [-0.2, 0) is 10.5 Å². The summed E-state index contributed by atoms with van der Waals surface area (Å²) in [5.41, 5.74) is 6.28. The lowest BCUT2D eigenvalue weighted by molar-refractivity contribution is -0.115. The lowest BCUT2D eigenvalue weighted by atomic mass is 10.1. The first-order valence-electron chi connectivity index (χ1n) is 10.0. The van der Waals surface area contributed by atoms with Crippen LogP contribution in [0.3, 0.4) is 0 Å². The van der Waals surface area contributed by atoms with Crippen molar-refractivity contribution in [1.82, 2.24) is 15.2 Å². The molecule has 0 aliphatic carbocycles. The molecule has 4 aromatic rings. The van der Waals surface area contributed by atoms with Crippen LogP contribution >= 0.6 is 34.4 Å². The summed E-state index contributed by atoms with van der Waals surface area (Å²) >= 11 is 4.57. The predicted molar refractivity (Wildman–Crippen MR) is 135 cm³/mol. The largest absolute Gasteiger partial charge is 0.330 e. The van der Waals surface area contributed by atoms with Crippen molar-refractivity contribution in [3.05, 3.63) is 70.2 Å². The number of nitrogens with one attached hydrogen (secondary N) is 1. The molecule has 164 valence electrons. The number of thiazole rings is 1. The van der Waals surface area contributed by atoms with Crippen LogP contribution in [0.5, 0.6) is 0 Å². The van der Waals surface area contributed by atoms with E-state index in [-0.39, 0.29) is 5.91 Å². The monoisotopic (exact) mass is 481 g/mol. The Morgan fingerprint density at radius 1 is 1.09 bits per heavy atom. The third-order valence-corrected chi connectivity index (χ3v) is 7.69. The highest BCUT2D eigenvalue weighted by Crippen LogP contribution is 2.34. The van der Waals surface area contributed by atoms with Gasteiger partial charge in [0.25, 0.3) is 0 Å². The molecule has 32 heavy (non-hydrogen) atoms. The molecule has 0 bridgehead atoms. The lowest BCUT2D eigenvalue weighted by Gasteiger charge is -2.19. The number of aryl methyl sites for hydroxylation is 3. The Morgan fingerprint density at radius 3 is 2.69 bits per heavy atom. The number of benzene rings is 2. The van der Waals surface area contributed by atoms with Crippen molar-refractivity contribution < 1.29 is 4.79 Å². The summed E-state index contributed by atoms with van der Waals surface area (Å²) in [4.78, 5) is 18.7. The minimum atomic E-state index is -0.0576. The van der Waals surface area contributed by atoms with Crippen molar-refractivity contribution in [3.63, 3.8) is 0 Å². The normalized spacial score (nSPS) is 10.9. The maximum absolute atomic E-state index is 12.4. The molecule has 0 saturated carbocycles. The summed E-state index contributed by atoms with van der Waals surface area (Å²) in [6.45, 7) is 7.73. The number of nitrogens with zero attached hydrogens (tertiary/aromatic N) is 4. The molecular weight excluding hydrogens is 458 g/mol. The van der Waals surface area contributed by atoms with Gasteiger partial charge in [-0.3, -0.25) is 9.69 Å². The summed E-state index contributed by atoms with van der Waals surface area (Å²) < 4.78 is 0.868. The number of thioether (sulfide) groups is 1. The van der Waals surface area contributed by atoms with E-state index in [1.54, 1.807) is 23.6 Å². The third-order valence-electron chi connectivity index (χ3n) is 4.81. The number of hydrogen-bond acceptors (Lipinski definition) is 8. The van der Waals surface area contributed by atoms with Crippen LogP contribution in [-0.4, -0.2) is 21.1 Å². The van der Waals surface area contributed by atoms with Crippen LogP contribution in [0, 0.1) is 20.8 Å². The molecule has 0 fully saturated rings. The number of anilines is 4. The fourth-order valence-electron chi connectivity index (χ4n) is 3.06. The minimum Gasteiger partial charge on any atom is -0.330 e. The van der Waals surface area contributed by atoms with E-state index < -0.39 is 0 Å². The number of carbonyl (C=O) groups excluding carboxylic acids is 1. The summed E-state index contributed by atoms with van der Waals surface area (Å²) in [6.07, 6.45) is 0. The van der Waals surface area contributed by atoms with E-state index in [1.807, 2.05) is 42.6 Å². The van der Waals surface area contributed by atoms with Gasteiger partial charge in [-0.05, 0) is 61.7 Å². The maximum Gasteiger partial charge on any atom is 0.230 e. The minimum absolute atomic E-state index is 0.0576. The summed E-state index contributed by atoms with van der Waals surface area (Å²) in [5.74, 6) is 0.603. The van der Waals surface area contributed by atoms with Gasteiger partial charge in [0.15, 0.2) is 9.47 Å². The van der Waals surface area contributed by atoms with Gasteiger partial charge >= 0.3 is 0 Å². The molecule has 0 aliphatic heterocycles. The number of hydrogen-bond donors (Lipinski definition) is 1. The molecular formula is C23H23N5OS3. The zero-order chi connectivity index (χ0) is 22.7. The van der Waals surface area contributed by atoms with E-state index in [2.05, 4.69) is 41.5 Å². The van der Waals surface area contributed by atoms with Gasteiger partial charge in [0, 0.05) is 23.7 Å². The molecule has 2 heterocycles. The van der Waals surface area contributed by atoms with E-state index in [0.29, 0.717) is 10.9 Å². The van der Waals surface area contributed by atoms with Gasteiger partial charge in [-0.1, -0.05) is 41.3 Å². The zero-order valence-electron chi connectivity index (χ0n) is 18.2. The number of carbonyl (C=O) groups is 1. The van der Waals surface area contributed by atoms with Gasteiger partial charge < -0.3 is 5.32 Å². The average Bonchev–Trinajstić information content (AvgIpc) is 3.39. The predicted octanol–water partition coefficient (Wildman–Crippen LogP) is 6.64. The molecule has 0 unspecified atom stereocenters. The van der Waals surface area contributed by atoms with E-state index in [4.69, 9.17) is 4.98 Å². The zero-order valence-corrected chi connectivity index (χ0v) is 20.7. The number of aromatic nitrogens is 3. The highest BCUT2D eigenvalue weighted by atomic mass is 32.2. The van der Waals surface area contributed by atoms with Crippen molar-refractivity contribution in [1.29, 1.82) is 0 Å². The standard InChI is InChI=1S/C23H23N5OS3/c1-14-6-5-7-18(10-14)24-21-26-27-23(32-21)31-13-19-12-30-22(25-19)28(17(4)29)20-9-8-15(2)16(3)11-20/h5-12H,13H2,1-4H3,(H,24,26). The van der Waals surface area contributed by atoms with E-state index in [1.165, 1.54) is 33.8 Å². The van der Waals surface area contributed by atoms with Gasteiger partial charge in [0.1, 0.15) is 0 Å². The first kappa shape index (κ1) is 22.4. The molecule has 0 saturated heterocycles. The van der Waals surface area contributed by atoms with Gasteiger partial charge in [0.05, 0.1) is 11.4 Å². The van der Waals surface area contributed by atoms with E-state index in [9.17, 15) is 4.79 Å². The van der Waals surface area contributed by atoms with Crippen LogP contribution in [0.15, 0.2) is 52.2 Å². The molecule has 1 N–H and O–H groups in total. The fraction of sp³-hybridized carbons (Fsp3) is 0.217. The van der Waals surface area contributed by atoms with Crippen molar-refractivity contribution >= 4 is 62.0 Å². The molecule has 2 aromatic heterocycles. The van der Waals surface area contributed by atoms with Crippen LogP contribution in [0.25, 0.3) is 0 Å². The highest BCUT2D eigenvalue weighted by Gasteiger charge is 2.19. The van der Waals surface area contributed by atoms with Crippen LogP contribution < -0.4 is 10.2 Å². The number of amides is 1.